The highest BCUT2D eigenvalue weighted by atomic mass is 16.3. The summed E-state index contributed by atoms with van der Waals surface area (Å²) in [7, 11) is 0. The lowest BCUT2D eigenvalue weighted by Gasteiger charge is -2.33. The van der Waals surface area contributed by atoms with Crippen LogP contribution in [0.15, 0.2) is 0 Å². The van der Waals surface area contributed by atoms with Gasteiger partial charge in [-0.1, -0.05) is 98.8 Å². The number of carbonyl (C=O) groups excluding carboxylic acids is 7. The van der Waals surface area contributed by atoms with E-state index >= 15 is 0 Å². The number of likely N-dealkylation sites (tertiary alicyclic amines) is 1. The van der Waals surface area contributed by atoms with Gasteiger partial charge < -0.3 is 47.4 Å². The van der Waals surface area contributed by atoms with Crippen molar-refractivity contribution >= 4 is 41.4 Å². The van der Waals surface area contributed by atoms with E-state index in [0.29, 0.717) is 12.8 Å². The molecule has 16 nitrogen and oxygen atoms in total. The molecule has 9 N–H and O–H groups in total. The Balaban J connectivity index is 2.88. The molecule has 2 unspecified atom stereocenters. The smallest absolute Gasteiger partial charge is 0.248 e. The van der Waals surface area contributed by atoms with Crippen LogP contribution in [0.25, 0.3) is 0 Å². The normalized spacial score (nSPS) is 17.5. The van der Waals surface area contributed by atoms with Crippen LogP contribution in [-0.4, -0.2) is 111 Å². The van der Waals surface area contributed by atoms with Gasteiger partial charge in [0, 0.05) is 25.8 Å². The molecule has 7 amide bonds. The van der Waals surface area contributed by atoms with Gasteiger partial charge in [0.1, 0.15) is 29.7 Å². The Morgan fingerprint density at radius 1 is 0.712 bits per heavy atom. The second kappa shape index (κ2) is 27.9. The van der Waals surface area contributed by atoms with Crippen LogP contribution < -0.4 is 32.3 Å². The summed E-state index contributed by atoms with van der Waals surface area (Å²) in [5, 5.41) is 33.7. The first-order valence-electron chi connectivity index (χ1n) is 22.1. The molecule has 0 bridgehead atoms. The van der Waals surface area contributed by atoms with Crippen molar-refractivity contribution in [3.8, 4) is 0 Å². The summed E-state index contributed by atoms with van der Waals surface area (Å²) in [6.45, 7) is 13.8. The average Bonchev–Trinajstić information content (AvgIpc) is 3.54. The molecule has 0 aromatic heterocycles. The van der Waals surface area contributed by atoms with Crippen molar-refractivity contribution in [3.63, 3.8) is 0 Å². The molecule has 0 aliphatic carbocycles. The van der Waals surface area contributed by atoms with Gasteiger partial charge in [-0.15, -0.1) is 0 Å². The minimum atomic E-state index is -1.37. The number of nitrogens with two attached hydrogens (primary N) is 1. The number of unbranched alkanes of at least 4 members (excludes halogenated alkanes) is 10. The predicted octanol–water partition coefficient (Wildman–Crippen LogP) is 2.85. The van der Waals surface area contributed by atoms with Gasteiger partial charge in [0.05, 0.1) is 18.8 Å². The highest BCUT2D eigenvalue weighted by Crippen LogP contribution is 2.23. The molecule has 1 aliphatic rings. The Labute approximate surface area is 353 Å². The molecular formula is C43H79N7O9. The van der Waals surface area contributed by atoms with Gasteiger partial charge in [-0.25, -0.2) is 0 Å². The van der Waals surface area contributed by atoms with Gasteiger partial charge in [0.25, 0.3) is 0 Å². The molecule has 59 heavy (non-hydrogen) atoms. The maximum atomic E-state index is 13.8. The zero-order valence-electron chi connectivity index (χ0n) is 37.3. The SMILES string of the molecule is CCCCCCCCCCCCCC(=O)NC(C)(C)C(=O)N1C[C@@H](O)C[C@H]1C(=O)NC(CC(C)C)C(=O)N[C@@H](C)C(=O)NC(CCC(N)=O)C(=O)N[C@H](CO)CC(C)C. The molecule has 0 aromatic rings. The highest BCUT2D eigenvalue weighted by molar-refractivity contribution is 5.97. The van der Waals surface area contributed by atoms with E-state index in [2.05, 4.69) is 33.5 Å². The summed E-state index contributed by atoms with van der Waals surface area (Å²) < 4.78 is 0. The highest BCUT2D eigenvalue weighted by Gasteiger charge is 2.45. The van der Waals surface area contributed by atoms with Crippen molar-refractivity contribution in [3.05, 3.63) is 0 Å². The molecule has 0 aromatic carbocycles. The van der Waals surface area contributed by atoms with Crippen molar-refractivity contribution in [2.24, 2.45) is 17.6 Å². The van der Waals surface area contributed by atoms with Crippen molar-refractivity contribution < 1.29 is 43.8 Å². The van der Waals surface area contributed by atoms with E-state index < -0.39 is 77.3 Å². The van der Waals surface area contributed by atoms with Crippen LogP contribution in [-0.2, 0) is 33.6 Å². The zero-order valence-corrected chi connectivity index (χ0v) is 37.3. The summed E-state index contributed by atoms with van der Waals surface area (Å²) in [5.74, 6) is -4.11. The number of hydrogen-bond acceptors (Lipinski definition) is 9. The first-order chi connectivity index (χ1) is 27.7. The Kier molecular flexibility index (Phi) is 25.1. The fourth-order valence-corrected chi connectivity index (χ4v) is 7.31. The minimum Gasteiger partial charge on any atom is -0.394 e. The fourth-order valence-electron chi connectivity index (χ4n) is 7.31. The summed E-state index contributed by atoms with van der Waals surface area (Å²) in [6.07, 6.45) is 12.2. The molecule has 0 saturated carbocycles. The van der Waals surface area contributed by atoms with E-state index in [-0.39, 0.29) is 63.0 Å². The van der Waals surface area contributed by atoms with E-state index in [0.717, 1.165) is 19.3 Å². The molecule has 16 heteroatoms. The van der Waals surface area contributed by atoms with E-state index in [1.165, 1.54) is 56.8 Å². The van der Waals surface area contributed by atoms with E-state index in [9.17, 15) is 43.8 Å². The third-order valence-corrected chi connectivity index (χ3v) is 10.6. The standard InChI is InChI=1S/C43H79N7O9/c1-9-10-11-12-13-14-15-16-17-18-19-20-37(54)49-43(7,8)42(59)50-26-32(52)25-35(50)41(58)48-34(24-29(4)5)40(57)45-30(6)38(55)47-33(21-22-36(44)53)39(56)46-31(27-51)23-28(2)3/h28-35,51-52H,9-27H2,1-8H3,(H2,44,53)(H,45,57)(H,46,56)(H,47,55)(H,48,58)(H,49,54)/t30-,31-,32-,33?,34?,35-/m0/s1. The van der Waals surface area contributed by atoms with Crippen LogP contribution in [0.3, 0.4) is 0 Å². The number of hydrogen-bond donors (Lipinski definition) is 8. The number of rotatable bonds is 30. The van der Waals surface area contributed by atoms with Gasteiger partial charge in [0.2, 0.25) is 41.4 Å². The monoisotopic (exact) mass is 838 g/mol. The number of primary amides is 1. The number of nitrogens with zero attached hydrogens (tertiary/aromatic N) is 1. The largest absolute Gasteiger partial charge is 0.394 e. The molecule has 0 radical (unpaired) electrons. The quantitative estimate of drug-likeness (QED) is 0.0495. The van der Waals surface area contributed by atoms with Crippen LogP contribution in [0.2, 0.25) is 0 Å². The van der Waals surface area contributed by atoms with Gasteiger partial charge in [0.15, 0.2) is 0 Å². The first-order valence-corrected chi connectivity index (χ1v) is 22.1. The third-order valence-electron chi connectivity index (χ3n) is 10.6. The lowest BCUT2D eigenvalue weighted by molar-refractivity contribution is -0.145. The summed E-state index contributed by atoms with van der Waals surface area (Å²) >= 11 is 0. The lowest BCUT2D eigenvalue weighted by Crippen LogP contribution is -2.60. The Morgan fingerprint density at radius 3 is 1.78 bits per heavy atom. The van der Waals surface area contributed by atoms with E-state index in [1.54, 1.807) is 13.8 Å². The Morgan fingerprint density at radius 2 is 1.25 bits per heavy atom. The molecule has 0 spiro atoms. The number of amides is 7. The van der Waals surface area contributed by atoms with Gasteiger partial charge in [-0.05, 0) is 58.3 Å². The number of aliphatic hydroxyl groups excluding tert-OH is 2. The maximum absolute atomic E-state index is 13.8. The summed E-state index contributed by atoms with van der Waals surface area (Å²) in [6, 6.07) is -5.18. The number of β-amino-alcohol motifs (C(OH)–C–C–N with tert-alkyl or cyclic N) is 1. The van der Waals surface area contributed by atoms with Crippen molar-refractivity contribution in [1.82, 2.24) is 31.5 Å². The number of aliphatic hydroxyl groups is 2. The van der Waals surface area contributed by atoms with Crippen LogP contribution in [0, 0.1) is 11.8 Å². The first kappa shape index (κ1) is 53.2. The predicted molar refractivity (Wildman–Crippen MR) is 227 cm³/mol. The molecule has 1 heterocycles. The fraction of sp³-hybridized carbons (Fsp3) is 0.837. The van der Waals surface area contributed by atoms with Gasteiger partial charge >= 0.3 is 0 Å². The summed E-state index contributed by atoms with van der Waals surface area (Å²) in [5.41, 5.74) is 3.93. The zero-order chi connectivity index (χ0) is 44.7. The van der Waals surface area contributed by atoms with Gasteiger partial charge in [-0.3, -0.25) is 33.6 Å². The second-order valence-electron chi connectivity index (χ2n) is 17.8. The molecule has 1 rings (SSSR count). The Bertz CT molecular complexity index is 1340. The van der Waals surface area contributed by atoms with E-state index in [4.69, 9.17) is 5.73 Å². The molecule has 340 valence electrons. The maximum Gasteiger partial charge on any atom is 0.248 e. The number of carbonyl (C=O) groups is 7. The van der Waals surface area contributed by atoms with Crippen molar-refractivity contribution in [2.45, 2.75) is 206 Å². The summed E-state index contributed by atoms with van der Waals surface area (Å²) in [4.78, 5) is 93.2. The molecule has 6 atom stereocenters. The van der Waals surface area contributed by atoms with Crippen molar-refractivity contribution in [1.29, 1.82) is 0 Å². The lowest BCUT2D eigenvalue weighted by atomic mass is 10.0. The van der Waals surface area contributed by atoms with Gasteiger partial charge in [-0.2, -0.15) is 0 Å². The van der Waals surface area contributed by atoms with Crippen LogP contribution >= 0.6 is 0 Å². The molecule has 1 saturated heterocycles. The Hall–Kier alpha value is -3.79. The molecular weight excluding hydrogens is 759 g/mol. The molecule has 1 fully saturated rings. The van der Waals surface area contributed by atoms with Crippen LogP contribution in [0.5, 0.6) is 0 Å². The van der Waals surface area contributed by atoms with Crippen LogP contribution in [0.4, 0.5) is 0 Å². The minimum absolute atomic E-state index is 0.0712. The number of nitrogens with one attached hydrogen (secondary N) is 5. The third kappa shape index (κ3) is 21.3. The average molecular weight is 838 g/mol. The topological polar surface area (TPSA) is 249 Å². The molecule has 1 aliphatic heterocycles. The van der Waals surface area contributed by atoms with E-state index in [1.807, 2.05) is 27.7 Å². The van der Waals surface area contributed by atoms with Crippen LogP contribution in [0.1, 0.15) is 165 Å². The second-order valence-corrected chi connectivity index (χ2v) is 17.8. The van der Waals surface area contributed by atoms with Crippen molar-refractivity contribution in [2.75, 3.05) is 13.2 Å².